The summed E-state index contributed by atoms with van der Waals surface area (Å²) in [7, 11) is 1.68. The van der Waals surface area contributed by atoms with E-state index in [9.17, 15) is 4.79 Å². The fourth-order valence-corrected chi connectivity index (χ4v) is 1.74. The number of methoxy groups -OCH3 is 1. The number of carbonyl (C=O) groups excluding carboxylic acids is 1. The van der Waals surface area contributed by atoms with Gasteiger partial charge in [0.25, 0.3) is 5.91 Å². The third kappa shape index (κ3) is 4.94. The highest BCUT2D eigenvalue weighted by Gasteiger charge is 2.09. The van der Waals surface area contributed by atoms with Crippen LogP contribution < -0.4 is 11.1 Å². The molecule has 1 amide bonds. The quantitative estimate of drug-likeness (QED) is 0.591. The maximum atomic E-state index is 11.8. The molecule has 1 aromatic rings. The summed E-state index contributed by atoms with van der Waals surface area (Å²) in [6, 6.07) is 4.88. The Morgan fingerprint density at radius 2 is 2.17 bits per heavy atom. The molecule has 4 nitrogen and oxygen atoms in total. The summed E-state index contributed by atoms with van der Waals surface area (Å²) >= 11 is 5.83. The molecule has 0 aliphatic carbocycles. The molecule has 0 atom stereocenters. The number of rotatable bonds is 7. The summed E-state index contributed by atoms with van der Waals surface area (Å²) in [5, 5.41) is 3.33. The van der Waals surface area contributed by atoms with Crippen molar-refractivity contribution in [3.05, 3.63) is 28.8 Å². The normalized spacial score (nSPS) is 10.3. The fraction of sp³-hybridized carbons (Fsp3) is 0.462. The Hall–Kier alpha value is -1.26. The van der Waals surface area contributed by atoms with Gasteiger partial charge in [-0.05, 0) is 37.5 Å². The van der Waals surface area contributed by atoms with Crippen LogP contribution in [0.4, 0.5) is 5.69 Å². The number of ether oxygens (including phenoxy) is 1. The molecule has 1 rings (SSSR count). The van der Waals surface area contributed by atoms with E-state index in [1.165, 1.54) is 0 Å². The molecule has 5 heteroatoms. The summed E-state index contributed by atoms with van der Waals surface area (Å²) in [5.74, 6) is -0.179. The van der Waals surface area contributed by atoms with Crippen molar-refractivity contribution in [2.75, 3.05) is 26.0 Å². The first-order valence-corrected chi connectivity index (χ1v) is 6.35. The minimum absolute atomic E-state index is 0.179. The molecule has 0 spiro atoms. The van der Waals surface area contributed by atoms with E-state index in [-0.39, 0.29) is 5.91 Å². The minimum atomic E-state index is -0.179. The highest BCUT2D eigenvalue weighted by molar-refractivity contribution is 6.31. The van der Waals surface area contributed by atoms with Crippen molar-refractivity contribution >= 4 is 23.2 Å². The Morgan fingerprint density at radius 3 is 2.89 bits per heavy atom. The van der Waals surface area contributed by atoms with Crippen molar-refractivity contribution in [1.29, 1.82) is 0 Å². The van der Waals surface area contributed by atoms with E-state index >= 15 is 0 Å². The van der Waals surface area contributed by atoms with Gasteiger partial charge in [0.05, 0.1) is 5.56 Å². The lowest BCUT2D eigenvalue weighted by molar-refractivity contribution is 0.0953. The third-order valence-corrected chi connectivity index (χ3v) is 2.81. The summed E-state index contributed by atoms with van der Waals surface area (Å²) in [5.41, 5.74) is 6.60. The smallest absolute Gasteiger partial charge is 0.253 e. The van der Waals surface area contributed by atoms with Crippen molar-refractivity contribution in [3.8, 4) is 0 Å². The molecule has 0 saturated heterocycles. The van der Waals surface area contributed by atoms with Gasteiger partial charge in [0.15, 0.2) is 0 Å². The zero-order valence-electron chi connectivity index (χ0n) is 10.5. The van der Waals surface area contributed by atoms with Gasteiger partial charge in [-0.3, -0.25) is 4.79 Å². The summed E-state index contributed by atoms with van der Waals surface area (Å²) in [6.45, 7) is 1.39. The first kappa shape index (κ1) is 14.8. The predicted octanol–water partition coefficient (Wildman–Crippen LogP) is 2.47. The molecule has 0 radical (unpaired) electrons. The van der Waals surface area contributed by atoms with Gasteiger partial charge in [0, 0.05) is 31.0 Å². The molecule has 100 valence electrons. The lowest BCUT2D eigenvalue weighted by Crippen LogP contribution is -2.25. The summed E-state index contributed by atoms with van der Waals surface area (Å²) in [4.78, 5) is 11.8. The van der Waals surface area contributed by atoms with Gasteiger partial charge in [-0.1, -0.05) is 11.6 Å². The molecule has 1 aromatic carbocycles. The van der Waals surface area contributed by atoms with E-state index in [0.717, 1.165) is 25.9 Å². The number of anilines is 1. The van der Waals surface area contributed by atoms with Crippen molar-refractivity contribution in [1.82, 2.24) is 5.32 Å². The highest BCUT2D eigenvalue weighted by Crippen LogP contribution is 2.17. The number of hydrogen-bond acceptors (Lipinski definition) is 3. The second-order valence-electron chi connectivity index (χ2n) is 4.04. The van der Waals surface area contributed by atoms with Gasteiger partial charge in [-0.15, -0.1) is 0 Å². The Balaban J connectivity index is 2.34. The van der Waals surface area contributed by atoms with E-state index in [1.807, 2.05) is 0 Å². The molecule has 18 heavy (non-hydrogen) atoms. The lowest BCUT2D eigenvalue weighted by Gasteiger charge is -2.07. The van der Waals surface area contributed by atoms with Crippen LogP contribution in [0.1, 0.15) is 29.6 Å². The minimum Gasteiger partial charge on any atom is -0.398 e. The van der Waals surface area contributed by atoms with Crippen LogP contribution in [0, 0.1) is 0 Å². The Kier molecular flexibility index (Phi) is 6.54. The first-order valence-electron chi connectivity index (χ1n) is 5.97. The molecule has 0 bridgehead atoms. The summed E-state index contributed by atoms with van der Waals surface area (Å²) < 4.78 is 4.95. The molecule has 0 fully saturated rings. The molecule has 0 saturated carbocycles. The molecule has 0 aliphatic heterocycles. The van der Waals surface area contributed by atoms with E-state index in [1.54, 1.807) is 25.3 Å². The molecule has 3 N–H and O–H groups in total. The van der Waals surface area contributed by atoms with E-state index in [0.29, 0.717) is 22.8 Å². The number of nitrogens with one attached hydrogen (secondary N) is 1. The number of carbonyl (C=O) groups is 1. The average molecular weight is 271 g/mol. The zero-order valence-corrected chi connectivity index (χ0v) is 11.3. The zero-order chi connectivity index (χ0) is 13.4. The van der Waals surface area contributed by atoms with Gasteiger partial charge in [0.1, 0.15) is 0 Å². The molecular formula is C13H19ClN2O2. The highest BCUT2D eigenvalue weighted by atomic mass is 35.5. The topological polar surface area (TPSA) is 64.3 Å². The number of amides is 1. The average Bonchev–Trinajstić information content (AvgIpc) is 2.36. The molecular weight excluding hydrogens is 252 g/mol. The SMILES string of the molecule is COCCCCCNC(=O)c1cc(Cl)ccc1N. The van der Waals surface area contributed by atoms with Crippen LogP contribution in [-0.2, 0) is 4.74 Å². The lowest BCUT2D eigenvalue weighted by atomic mass is 10.1. The number of unbranched alkanes of at least 4 members (excludes halogenated alkanes) is 2. The largest absolute Gasteiger partial charge is 0.398 e. The van der Waals surface area contributed by atoms with Crippen LogP contribution in [0.3, 0.4) is 0 Å². The van der Waals surface area contributed by atoms with Gasteiger partial charge in [-0.2, -0.15) is 0 Å². The Bertz CT molecular complexity index is 397. The van der Waals surface area contributed by atoms with Crippen LogP contribution in [0.15, 0.2) is 18.2 Å². The van der Waals surface area contributed by atoms with Gasteiger partial charge in [0.2, 0.25) is 0 Å². The van der Waals surface area contributed by atoms with E-state index in [4.69, 9.17) is 22.1 Å². The van der Waals surface area contributed by atoms with Crippen LogP contribution >= 0.6 is 11.6 Å². The maximum Gasteiger partial charge on any atom is 0.253 e. The Morgan fingerprint density at radius 1 is 1.39 bits per heavy atom. The summed E-state index contributed by atoms with van der Waals surface area (Å²) in [6.07, 6.45) is 2.96. The monoisotopic (exact) mass is 270 g/mol. The molecule has 0 aliphatic rings. The van der Waals surface area contributed by atoms with Crippen LogP contribution in [0.2, 0.25) is 5.02 Å². The van der Waals surface area contributed by atoms with Crippen molar-refractivity contribution in [2.24, 2.45) is 0 Å². The second-order valence-corrected chi connectivity index (χ2v) is 4.48. The Labute approximate surface area is 112 Å². The van der Waals surface area contributed by atoms with Crippen molar-refractivity contribution < 1.29 is 9.53 Å². The number of hydrogen-bond donors (Lipinski definition) is 2. The number of nitrogens with two attached hydrogens (primary N) is 1. The number of nitrogen functional groups attached to an aromatic ring is 1. The van der Waals surface area contributed by atoms with Gasteiger partial charge < -0.3 is 15.8 Å². The molecule has 0 heterocycles. The number of benzene rings is 1. The van der Waals surface area contributed by atoms with Crippen LogP contribution in [0.5, 0.6) is 0 Å². The van der Waals surface area contributed by atoms with E-state index in [2.05, 4.69) is 5.32 Å². The van der Waals surface area contributed by atoms with Crippen molar-refractivity contribution in [3.63, 3.8) is 0 Å². The third-order valence-electron chi connectivity index (χ3n) is 2.57. The standard InChI is InChI=1S/C13H19ClN2O2/c1-18-8-4-2-3-7-16-13(17)11-9-10(14)5-6-12(11)15/h5-6,9H,2-4,7-8,15H2,1H3,(H,16,17). The predicted molar refractivity (Wildman–Crippen MR) is 73.9 cm³/mol. The fourth-order valence-electron chi connectivity index (χ4n) is 1.57. The first-order chi connectivity index (χ1) is 8.65. The molecule has 0 unspecified atom stereocenters. The van der Waals surface area contributed by atoms with Gasteiger partial charge in [-0.25, -0.2) is 0 Å². The second kappa shape index (κ2) is 7.95. The number of halogens is 1. The van der Waals surface area contributed by atoms with Crippen molar-refractivity contribution in [2.45, 2.75) is 19.3 Å². The van der Waals surface area contributed by atoms with Crippen LogP contribution in [-0.4, -0.2) is 26.2 Å². The maximum absolute atomic E-state index is 11.8. The van der Waals surface area contributed by atoms with E-state index < -0.39 is 0 Å². The molecule has 0 aromatic heterocycles. The van der Waals surface area contributed by atoms with Crippen LogP contribution in [0.25, 0.3) is 0 Å². The van der Waals surface area contributed by atoms with Gasteiger partial charge >= 0.3 is 0 Å².